The summed E-state index contributed by atoms with van der Waals surface area (Å²) in [4.78, 5) is 25.0. The molecule has 0 saturated heterocycles. The van der Waals surface area contributed by atoms with Crippen molar-refractivity contribution in [3.05, 3.63) is 63.7 Å². The van der Waals surface area contributed by atoms with Crippen LogP contribution in [0.5, 0.6) is 0 Å². The van der Waals surface area contributed by atoms with E-state index >= 15 is 0 Å². The number of hydrogen-bond acceptors (Lipinski definition) is 6. The molecule has 9 heteroatoms. The second-order valence-electron chi connectivity index (χ2n) is 6.83. The lowest BCUT2D eigenvalue weighted by molar-refractivity contribution is -0.115. The Morgan fingerprint density at radius 2 is 1.73 bits per heavy atom. The summed E-state index contributed by atoms with van der Waals surface area (Å²) in [5, 5.41) is 14.1. The third-order valence-electron chi connectivity index (χ3n) is 4.32. The smallest absolute Gasteiger partial charge is 0.259 e. The minimum absolute atomic E-state index is 0.119. The van der Waals surface area contributed by atoms with Gasteiger partial charge in [0.1, 0.15) is 0 Å². The summed E-state index contributed by atoms with van der Waals surface area (Å²) < 4.78 is 0.587. The molecule has 2 amide bonds. The van der Waals surface area contributed by atoms with Crippen LogP contribution in [0.2, 0.25) is 5.02 Å². The quantitative estimate of drug-likeness (QED) is 0.375. The number of hydrogen-bond donors (Lipinski definition) is 2. The van der Waals surface area contributed by atoms with Crippen LogP contribution in [0.3, 0.4) is 0 Å². The molecule has 3 rings (SSSR count). The number of benzene rings is 2. The number of nitrogens with one attached hydrogen (secondary N) is 2. The highest BCUT2D eigenvalue weighted by Gasteiger charge is 2.20. The Morgan fingerprint density at radius 1 is 1.07 bits per heavy atom. The number of rotatable bonds is 6. The second-order valence-corrected chi connectivity index (χ2v) is 9.80. The Kier molecular flexibility index (Phi) is 7.12. The van der Waals surface area contributed by atoms with Crippen molar-refractivity contribution in [2.45, 2.75) is 37.3 Å². The summed E-state index contributed by atoms with van der Waals surface area (Å²) in [6, 6.07) is 10.9. The minimum atomic E-state index is -0.384. The number of aromatic nitrogens is 2. The summed E-state index contributed by atoms with van der Waals surface area (Å²) in [6.45, 7) is 7.79. The summed E-state index contributed by atoms with van der Waals surface area (Å²) in [7, 11) is 0. The molecule has 0 aliphatic rings. The second kappa shape index (κ2) is 9.59. The fourth-order valence-electron chi connectivity index (χ4n) is 2.92. The zero-order valence-corrected chi connectivity index (χ0v) is 19.3. The Balaban J connectivity index is 1.62. The van der Waals surface area contributed by atoms with Crippen molar-refractivity contribution < 1.29 is 9.59 Å². The van der Waals surface area contributed by atoms with Gasteiger partial charge >= 0.3 is 0 Å². The van der Waals surface area contributed by atoms with Crippen molar-refractivity contribution in [2.24, 2.45) is 0 Å². The molecule has 0 fully saturated rings. The molecule has 0 unspecified atom stereocenters. The first-order valence-electron chi connectivity index (χ1n) is 9.19. The van der Waals surface area contributed by atoms with Crippen LogP contribution in [0.15, 0.2) is 40.7 Å². The Hall–Kier alpha value is -2.42. The molecule has 1 atom stereocenters. The minimum Gasteiger partial charge on any atom is -0.325 e. The number of halogens is 1. The van der Waals surface area contributed by atoms with Crippen LogP contribution in [0, 0.1) is 20.8 Å². The fourth-order valence-corrected chi connectivity index (χ4v) is 5.04. The van der Waals surface area contributed by atoms with Crippen LogP contribution in [0.25, 0.3) is 0 Å². The van der Waals surface area contributed by atoms with Crippen LogP contribution in [-0.2, 0) is 4.79 Å². The van der Waals surface area contributed by atoms with Gasteiger partial charge in [0.25, 0.3) is 5.91 Å². The lowest BCUT2D eigenvalue weighted by Crippen LogP contribution is -2.23. The molecular weight excluding hydrogens is 440 g/mol. The van der Waals surface area contributed by atoms with Crippen molar-refractivity contribution in [1.29, 1.82) is 0 Å². The van der Waals surface area contributed by atoms with Crippen molar-refractivity contribution in [3.63, 3.8) is 0 Å². The van der Waals surface area contributed by atoms with Crippen molar-refractivity contribution in [2.75, 3.05) is 10.6 Å². The van der Waals surface area contributed by atoms with Gasteiger partial charge < -0.3 is 5.32 Å². The Morgan fingerprint density at radius 3 is 2.40 bits per heavy atom. The fraction of sp³-hybridized carbons (Fsp3) is 0.238. The topological polar surface area (TPSA) is 84.0 Å². The first kappa shape index (κ1) is 22.3. The number of aryl methyl sites for hydroxylation is 3. The molecule has 3 aromatic rings. The lowest BCUT2D eigenvalue weighted by atomic mass is 10.1. The van der Waals surface area contributed by atoms with Gasteiger partial charge in [-0.15, -0.1) is 10.2 Å². The van der Waals surface area contributed by atoms with Crippen LogP contribution >= 0.6 is 34.7 Å². The number of amides is 2. The zero-order chi connectivity index (χ0) is 21.8. The number of carbonyl (C=O) groups excluding carboxylic acids is 2. The van der Waals surface area contributed by atoms with Gasteiger partial charge in [-0.05, 0) is 51.0 Å². The van der Waals surface area contributed by atoms with Crippen LogP contribution in [0.1, 0.15) is 34.0 Å². The van der Waals surface area contributed by atoms with E-state index in [9.17, 15) is 9.59 Å². The van der Waals surface area contributed by atoms with E-state index in [1.54, 1.807) is 24.3 Å². The summed E-state index contributed by atoms with van der Waals surface area (Å²) >= 11 is 8.55. The van der Waals surface area contributed by atoms with Crippen LogP contribution < -0.4 is 10.6 Å². The highest BCUT2D eigenvalue weighted by molar-refractivity contribution is 8.02. The highest BCUT2D eigenvalue weighted by Crippen LogP contribution is 2.31. The molecule has 0 aliphatic carbocycles. The van der Waals surface area contributed by atoms with Gasteiger partial charge in [0.15, 0.2) is 4.34 Å². The summed E-state index contributed by atoms with van der Waals surface area (Å²) in [6.07, 6.45) is 0. The van der Waals surface area contributed by atoms with E-state index in [0.717, 1.165) is 22.4 Å². The van der Waals surface area contributed by atoms with E-state index in [1.807, 2.05) is 39.8 Å². The molecule has 0 bridgehead atoms. The highest BCUT2D eigenvalue weighted by atomic mass is 35.5. The molecule has 6 nitrogen and oxygen atoms in total. The molecule has 0 saturated carbocycles. The molecule has 0 radical (unpaired) electrons. The molecule has 156 valence electrons. The largest absolute Gasteiger partial charge is 0.325 e. The van der Waals surface area contributed by atoms with Gasteiger partial charge in [-0.1, -0.05) is 64.5 Å². The summed E-state index contributed by atoms with van der Waals surface area (Å²) in [5.41, 5.74) is 4.41. The molecule has 0 spiro atoms. The standard InChI is InChI=1S/C21H21ClN4O2S2/c1-11-9-12(2)17(13(3)10-11)23-18(27)14(4)29-21-26-25-20(30-21)24-19(28)15-7-5-6-8-16(15)22/h5-10,14H,1-4H3,(H,23,27)(H,24,25,28)/t14-/m1/s1. The molecule has 1 aromatic heterocycles. The van der Waals surface area contributed by atoms with Crippen LogP contribution in [-0.4, -0.2) is 27.3 Å². The van der Waals surface area contributed by atoms with E-state index in [0.29, 0.717) is 20.1 Å². The molecule has 30 heavy (non-hydrogen) atoms. The SMILES string of the molecule is Cc1cc(C)c(NC(=O)[C@@H](C)Sc2nnc(NC(=O)c3ccccc3Cl)s2)c(C)c1. The van der Waals surface area contributed by atoms with Crippen LogP contribution in [0.4, 0.5) is 10.8 Å². The Bertz CT molecular complexity index is 1080. The van der Waals surface area contributed by atoms with Gasteiger partial charge in [0.05, 0.1) is 15.8 Å². The van der Waals surface area contributed by atoms with E-state index in [4.69, 9.17) is 11.6 Å². The zero-order valence-electron chi connectivity index (χ0n) is 16.9. The maximum atomic E-state index is 12.7. The van der Waals surface area contributed by atoms with Gasteiger partial charge in [-0.25, -0.2) is 0 Å². The number of carbonyl (C=O) groups is 2. The molecular formula is C21H21ClN4O2S2. The average molecular weight is 461 g/mol. The van der Waals surface area contributed by atoms with Crippen molar-refractivity contribution in [1.82, 2.24) is 10.2 Å². The van der Waals surface area contributed by atoms with Gasteiger partial charge in [-0.3, -0.25) is 14.9 Å². The Labute approximate surface area is 188 Å². The van der Waals surface area contributed by atoms with Gasteiger partial charge in [0, 0.05) is 5.69 Å². The normalized spacial score (nSPS) is 11.8. The van der Waals surface area contributed by atoms with Crippen molar-refractivity contribution in [3.8, 4) is 0 Å². The third kappa shape index (κ3) is 5.38. The van der Waals surface area contributed by atoms with E-state index in [-0.39, 0.29) is 17.1 Å². The van der Waals surface area contributed by atoms with Gasteiger partial charge in [0.2, 0.25) is 11.0 Å². The third-order valence-corrected chi connectivity index (χ3v) is 6.67. The molecule has 0 aliphatic heterocycles. The predicted molar refractivity (Wildman–Crippen MR) is 124 cm³/mol. The first-order chi connectivity index (χ1) is 14.2. The number of thioether (sulfide) groups is 1. The molecule has 1 heterocycles. The maximum absolute atomic E-state index is 12.7. The van der Waals surface area contributed by atoms with E-state index in [2.05, 4.69) is 20.8 Å². The average Bonchev–Trinajstić information content (AvgIpc) is 3.11. The molecule has 2 aromatic carbocycles. The monoisotopic (exact) mass is 460 g/mol. The number of nitrogens with zero attached hydrogens (tertiary/aromatic N) is 2. The van der Waals surface area contributed by atoms with E-state index in [1.165, 1.54) is 23.1 Å². The van der Waals surface area contributed by atoms with Gasteiger partial charge in [-0.2, -0.15) is 0 Å². The predicted octanol–water partition coefficient (Wildman–Crippen LogP) is 5.49. The summed E-state index contributed by atoms with van der Waals surface area (Å²) in [5.74, 6) is -0.476. The maximum Gasteiger partial charge on any atom is 0.259 e. The van der Waals surface area contributed by atoms with Crippen molar-refractivity contribution >= 4 is 57.3 Å². The lowest BCUT2D eigenvalue weighted by Gasteiger charge is -2.15. The first-order valence-corrected chi connectivity index (χ1v) is 11.3. The van der Waals surface area contributed by atoms with E-state index < -0.39 is 0 Å². The number of anilines is 2. The molecule has 2 N–H and O–H groups in total.